The summed E-state index contributed by atoms with van der Waals surface area (Å²) in [5.74, 6) is -0.407. The van der Waals surface area contributed by atoms with E-state index in [9.17, 15) is 9.59 Å². The number of nitrogens with one attached hydrogen (secondary N) is 2. The van der Waals surface area contributed by atoms with Crippen LogP contribution in [0.2, 0.25) is 0 Å². The fourth-order valence-corrected chi connectivity index (χ4v) is 1.11. The number of para-hydroxylation sites is 1. The molecule has 2 amide bonds. The van der Waals surface area contributed by atoms with E-state index in [1.54, 1.807) is 31.3 Å². The van der Waals surface area contributed by atoms with Crippen molar-refractivity contribution < 1.29 is 9.59 Å². The maximum absolute atomic E-state index is 11.4. The second-order valence-corrected chi connectivity index (χ2v) is 2.81. The van der Waals surface area contributed by atoms with Crippen molar-refractivity contribution in [2.24, 2.45) is 0 Å². The highest BCUT2D eigenvalue weighted by molar-refractivity contribution is 6.03. The van der Waals surface area contributed by atoms with E-state index in [-0.39, 0.29) is 11.8 Å². The molecule has 0 fully saturated rings. The van der Waals surface area contributed by atoms with Gasteiger partial charge in [0.25, 0.3) is 5.91 Å². The molecule has 16 heavy (non-hydrogen) atoms. The van der Waals surface area contributed by atoms with Crippen LogP contribution in [0.15, 0.2) is 24.3 Å². The highest BCUT2D eigenvalue weighted by atomic mass is 16.2. The molecule has 4 heteroatoms. The van der Waals surface area contributed by atoms with Gasteiger partial charge >= 0.3 is 0 Å². The van der Waals surface area contributed by atoms with Crippen LogP contribution < -0.4 is 10.6 Å². The van der Waals surface area contributed by atoms with Crippen LogP contribution in [0.25, 0.3) is 0 Å². The molecule has 1 rings (SSSR count). The molecule has 0 spiro atoms. The third kappa shape index (κ3) is 4.13. The van der Waals surface area contributed by atoms with Gasteiger partial charge in [0.15, 0.2) is 0 Å². The van der Waals surface area contributed by atoms with Crippen molar-refractivity contribution in [1.82, 2.24) is 5.32 Å². The van der Waals surface area contributed by atoms with E-state index in [4.69, 9.17) is 0 Å². The summed E-state index contributed by atoms with van der Waals surface area (Å²) in [6.45, 7) is 5.40. The Hall–Kier alpha value is -1.84. The maximum atomic E-state index is 11.4. The number of carbonyl (C=O) groups is 2. The molecule has 0 atom stereocenters. The Morgan fingerprint density at radius 3 is 2.19 bits per heavy atom. The topological polar surface area (TPSA) is 58.2 Å². The van der Waals surface area contributed by atoms with Crippen LogP contribution in [-0.4, -0.2) is 18.9 Å². The van der Waals surface area contributed by atoms with Crippen molar-refractivity contribution in [1.29, 1.82) is 0 Å². The molecule has 0 aliphatic heterocycles. The lowest BCUT2D eigenvalue weighted by atomic mass is 10.1. The van der Waals surface area contributed by atoms with Crippen LogP contribution in [0.4, 0.5) is 5.69 Å². The molecule has 0 radical (unpaired) electrons. The van der Waals surface area contributed by atoms with Gasteiger partial charge in [-0.15, -0.1) is 0 Å². The fraction of sp³-hybridized carbons (Fsp3) is 0.333. The largest absolute Gasteiger partial charge is 0.355 e. The van der Waals surface area contributed by atoms with Gasteiger partial charge in [0.05, 0.1) is 11.3 Å². The lowest BCUT2D eigenvalue weighted by molar-refractivity contribution is -0.114. The molecule has 4 nitrogen and oxygen atoms in total. The third-order valence-electron chi connectivity index (χ3n) is 1.71. The van der Waals surface area contributed by atoms with Crippen molar-refractivity contribution >= 4 is 17.5 Å². The molecule has 0 bridgehead atoms. The first-order chi connectivity index (χ1) is 7.65. The first-order valence-corrected chi connectivity index (χ1v) is 5.24. The van der Waals surface area contributed by atoms with E-state index < -0.39 is 0 Å². The fourth-order valence-electron chi connectivity index (χ4n) is 1.11. The molecule has 0 unspecified atom stereocenters. The van der Waals surface area contributed by atoms with Crippen molar-refractivity contribution in [3.05, 3.63) is 29.8 Å². The van der Waals surface area contributed by atoms with Crippen LogP contribution in [0.5, 0.6) is 0 Å². The second-order valence-electron chi connectivity index (χ2n) is 2.81. The van der Waals surface area contributed by atoms with Crippen molar-refractivity contribution in [3.63, 3.8) is 0 Å². The number of benzene rings is 1. The molecule has 0 saturated heterocycles. The predicted molar refractivity (Wildman–Crippen MR) is 65.5 cm³/mol. The summed E-state index contributed by atoms with van der Waals surface area (Å²) < 4.78 is 0. The van der Waals surface area contributed by atoms with E-state index in [0.717, 1.165) is 0 Å². The molecule has 0 heterocycles. The number of hydrogen-bond acceptors (Lipinski definition) is 2. The summed E-state index contributed by atoms with van der Waals surface area (Å²) in [6.07, 6.45) is 0. The van der Waals surface area contributed by atoms with Gasteiger partial charge in [-0.3, -0.25) is 9.59 Å². The number of anilines is 1. The van der Waals surface area contributed by atoms with Gasteiger partial charge in [0, 0.05) is 14.0 Å². The highest BCUT2D eigenvalue weighted by Crippen LogP contribution is 2.14. The first kappa shape index (κ1) is 14.2. The SMILES string of the molecule is CC.CNC(=O)c1ccccc1NC(C)=O. The van der Waals surface area contributed by atoms with Crippen molar-refractivity contribution in [2.75, 3.05) is 12.4 Å². The average molecular weight is 222 g/mol. The lowest BCUT2D eigenvalue weighted by Crippen LogP contribution is -2.20. The highest BCUT2D eigenvalue weighted by Gasteiger charge is 2.08. The van der Waals surface area contributed by atoms with Gasteiger partial charge in [-0.05, 0) is 12.1 Å². The Morgan fingerprint density at radius 1 is 1.12 bits per heavy atom. The Labute approximate surface area is 96.0 Å². The summed E-state index contributed by atoms with van der Waals surface area (Å²) >= 11 is 0. The second kappa shape index (κ2) is 7.45. The third-order valence-corrected chi connectivity index (χ3v) is 1.71. The van der Waals surface area contributed by atoms with Gasteiger partial charge in [0.1, 0.15) is 0 Å². The van der Waals surface area contributed by atoms with E-state index in [2.05, 4.69) is 10.6 Å². The van der Waals surface area contributed by atoms with Gasteiger partial charge < -0.3 is 10.6 Å². The standard InChI is InChI=1S/C10H12N2O2.C2H6/c1-7(13)12-9-6-4-3-5-8(9)10(14)11-2;1-2/h3-6H,1-2H3,(H,11,14)(H,12,13);1-2H3. The minimum absolute atomic E-state index is 0.193. The Balaban J connectivity index is 0.00000106. The summed E-state index contributed by atoms with van der Waals surface area (Å²) in [4.78, 5) is 22.2. The van der Waals surface area contributed by atoms with Gasteiger partial charge in [-0.1, -0.05) is 26.0 Å². The van der Waals surface area contributed by atoms with Crippen LogP contribution in [-0.2, 0) is 4.79 Å². The molecular weight excluding hydrogens is 204 g/mol. The molecule has 0 saturated carbocycles. The summed E-state index contributed by atoms with van der Waals surface area (Å²) in [6, 6.07) is 6.85. The number of hydrogen-bond donors (Lipinski definition) is 2. The summed E-state index contributed by atoms with van der Waals surface area (Å²) in [7, 11) is 1.55. The van der Waals surface area contributed by atoms with Crippen molar-refractivity contribution in [3.8, 4) is 0 Å². The summed E-state index contributed by atoms with van der Waals surface area (Å²) in [5, 5.41) is 5.09. The van der Waals surface area contributed by atoms with Gasteiger partial charge in [0.2, 0.25) is 5.91 Å². The van der Waals surface area contributed by atoms with Crippen LogP contribution in [0.1, 0.15) is 31.1 Å². The first-order valence-electron chi connectivity index (χ1n) is 5.24. The Bertz CT molecular complexity index is 362. The quantitative estimate of drug-likeness (QED) is 0.804. The molecule has 0 aromatic heterocycles. The predicted octanol–water partition coefficient (Wildman–Crippen LogP) is 2.03. The number of rotatable bonds is 2. The van der Waals surface area contributed by atoms with E-state index in [0.29, 0.717) is 11.3 Å². The normalized spacial score (nSPS) is 8.50. The summed E-state index contributed by atoms with van der Waals surface area (Å²) in [5.41, 5.74) is 0.990. The Kier molecular flexibility index (Phi) is 6.59. The zero-order valence-electron chi connectivity index (χ0n) is 10.1. The molecule has 0 aliphatic rings. The molecule has 88 valence electrons. The molecule has 0 aliphatic carbocycles. The number of amides is 2. The molecule has 2 N–H and O–H groups in total. The Morgan fingerprint density at radius 2 is 1.69 bits per heavy atom. The van der Waals surface area contributed by atoms with E-state index in [1.807, 2.05) is 13.8 Å². The number of carbonyl (C=O) groups excluding carboxylic acids is 2. The van der Waals surface area contributed by atoms with Crippen molar-refractivity contribution in [2.45, 2.75) is 20.8 Å². The zero-order chi connectivity index (χ0) is 12.6. The molecule has 1 aromatic carbocycles. The monoisotopic (exact) mass is 222 g/mol. The van der Waals surface area contributed by atoms with Crippen LogP contribution >= 0.6 is 0 Å². The molecular formula is C12H18N2O2. The van der Waals surface area contributed by atoms with E-state index >= 15 is 0 Å². The van der Waals surface area contributed by atoms with Gasteiger partial charge in [-0.2, -0.15) is 0 Å². The average Bonchev–Trinajstić information content (AvgIpc) is 2.31. The van der Waals surface area contributed by atoms with E-state index in [1.165, 1.54) is 6.92 Å². The van der Waals surface area contributed by atoms with Gasteiger partial charge in [-0.25, -0.2) is 0 Å². The smallest absolute Gasteiger partial charge is 0.253 e. The maximum Gasteiger partial charge on any atom is 0.253 e. The van der Waals surface area contributed by atoms with Crippen LogP contribution in [0.3, 0.4) is 0 Å². The molecule has 1 aromatic rings. The zero-order valence-corrected chi connectivity index (χ0v) is 10.1. The minimum atomic E-state index is -0.214. The van der Waals surface area contributed by atoms with Crippen LogP contribution in [0, 0.1) is 0 Å². The minimum Gasteiger partial charge on any atom is -0.355 e. The lowest BCUT2D eigenvalue weighted by Gasteiger charge is -2.07.